The van der Waals surface area contributed by atoms with Gasteiger partial charge in [-0.25, -0.2) is 0 Å². The third-order valence-corrected chi connectivity index (χ3v) is 5.58. The number of hydrogen-bond donors (Lipinski definition) is 2. The number of carbonyl (C=O) groups is 2. The van der Waals surface area contributed by atoms with Crippen molar-refractivity contribution >= 4 is 11.8 Å². The lowest BCUT2D eigenvalue weighted by molar-refractivity contribution is -0.147. The third kappa shape index (κ3) is 3.23. The molecule has 0 aromatic rings. The van der Waals surface area contributed by atoms with Gasteiger partial charge in [0.05, 0.1) is 0 Å². The molecule has 0 radical (unpaired) electrons. The Kier molecular flexibility index (Phi) is 4.20. The van der Waals surface area contributed by atoms with E-state index >= 15 is 0 Å². The second-order valence-electron chi connectivity index (χ2n) is 7.19. The maximum absolute atomic E-state index is 12.3. The highest BCUT2D eigenvalue weighted by Crippen LogP contribution is 2.31. The van der Waals surface area contributed by atoms with Gasteiger partial charge in [0.25, 0.3) is 0 Å². The number of nitrogens with one attached hydrogen (secondary N) is 2. The molecule has 1 saturated carbocycles. The van der Waals surface area contributed by atoms with E-state index in [4.69, 9.17) is 0 Å². The summed E-state index contributed by atoms with van der Waals surface area (Å²) in [5.74, 6) is -0.0762. The monoisotopic (exact) mass is 293 g/mol. The van der Waals surface area contributed by atoms with E-state index in [9.17, 15) is 9.59 Å². The molecule has 2 unspecified atom stereocenters. The number of amides is 2. The Morgan fingerprint density at radius 3 is 2.48 bits per heavy atom. The molecule has 2 N–H and O–H groups in total. The highest BCUT2D eigenvalue weighted by atomic mass is 16.2. The first-order valence-corrected chi connectivity index (χ1v) is 8.43. The quantitative estimate of drug-likeness (QED) is 0.710. The summed E-state index contributed by atoms with van der Waals surface area (Å²) in [4.78, 5) is 26.1. The Labute approximate surface area is 126 Å². The molecular formula is C16H27N3O2. The summed E-state index contributed by atoms with van der Waals surface area (Å²) >= 11 is 0. The lowest BCUT2D eigenvalue weighted by Gasteiger charge is -2.48. The largest absolute Gasteiger partial charge is 0.345 e. The first-order valence-electron chi connectivity index (χ1n) is 8.43. The number of carbonyl (C=O) groups excluding carboxylic acids is 2. The summed E-state index contributed by atoms with van der Waals surface area (Å²) < 4.78 is 0. The van der Waals surface area contributed by atoms with Crippen LogP contribution in [0.4, 0.5) is 0 Å². The van der Waals surface area contributed by atoms with Gasteiger partial charge in [-0.2, -0.15) is 0 Å². The van der Waals surface area contributed by atoms with Gasteiger partial charge in [0.2, 0.25) is 0 Å². The molecule has 2 amide bonds. The number of nitrogens with zero attached hydrogens (tertiary/aromatic N) is 1. The van der Waals surface area contributed by atoms with Crippen molar-refractivity contribution in [1.82, 2.24) is 15.5 Å². The van der Waals surface area contributed by atoms with Gasteiger partial charge in [0.15, 0.2) is 0 Å². The molecule has 5 heteroatoms. The first-order chi connectivity index (χ1) is 10.1. The summed E-state index contributed by atoms with van der Waals surface area (Å²) in [7, 11) is 0. The summed E-state index contributed by atoms with van der Waals surface area (Å²) in [5, 5.41) is 6.43. The van der Waals surface area contributed by atoms with Gasteiger partial charge in [0.1, 0.15) is 0 Å². The van der Waals surface area contributed by atoms with Crippen LogP contribution in [0.1, 0.15) is 51.9 Å². The van der Waals surface area contributed by atoms with Crippen LogP contribution >= 0.6 is 0 Å². The zero-order valence-corrected chi connectivity index (χ0v) is 13.0. The molecule has 2 heterocycles. The summed E-state index contributed by atoms with van der Waals surface area (Å²) in [6, 6.07) is 0.189. The van der Waals surface area contributed by atoms with E-state index in [1.165, 1.54) is 12.8 Å². The number of piperidine rings is 1. The van der Waals surface area contributed by atoms with Crippen LogP contribution < -0.4 is 10.6 Å². The summed E-state index contributed by atoms with van der Waals surface area (Å²) in [5.41, 5.74) is 0.270. The molecule has 118 valence electrons. The van der Waals surface area contributed by atoms with Crippen LogP contribution in [-0.4, -0.2) is 47.9 Å². The summed E-state index contributed by atoms with van der Waals surface area (Å²) in [6.07, 6.45) is 7.57. The minimum atomic E-state index is -0.397. The van der Waals surface area contributed by atoms with Crippen LogP contribution in [0, 0.1) is 5.92 Å². The van der Waals surface area contributed by atoms with Crippen LogP contribution in [0.15, 0.2) is 0 Å². The Morgan fingerprint density at radius 1 is 1.19 bits per heavy atom. The van der Waals surface area contributed by atoms with E-state index in [0.29, 0.717) is 19.0 Å². The molecule has 3 aliphatic rings. The van der Waals surface area contributed by atoms with Crippen molar-refractivity contribution in [3.63, 3.8) is 0 Å². The molecule has 0 bridgehead atoms. The molecule has 3 fully saturated rings. The van der Waals surface area contributed by atoms with Crippen LogP contribution in [0.3, 0.4) is 0 Å². The fourth-order valence-electron chi connectivity index (χ4n) is 4.00. The second-order valence-corrected chi connectivity index (χ2v) is 7.19. The molecule has 0 aromatic heterocycles. The molecule has 5 nitrogen and oxygen atoms in total. The molecular weight excluding hydrogens is 266 g/mol. The highest BCUT2D eigenvalue weighted by Gasteiger charge is 2.41. The molecule has 3 rings (SSSR count). The van der Waals surface area contributed by atoms with Crippen molar-refractivity contribution < 1.29 is 9.59 Å². The van der Waals surface area contributed by atoms with Crippen LogP contribution in [-0.2, 0) is 9.59 Å². The van der Waals surface area contributed by atoms with Gasteiger partial charge in [-0.3, -0.25) is 9.59 Å². The first kappa shape index (κ1) is 14.8. The van der Waals surface area contributed by atoms with Gasteiger partial charge in [-0.1, -0.05) is 19.8 Å². The predicted octanol–water partition coefficient (Wildman–Crippen LogP) is 1.04. The van der Waals surface area contributed by atoms with Crippen LogP contribution in [0.25, 0.3) is 0 Å². The van der Waals surface area contributed by atoms with Gasteiger partial charge < -0.3 is 15.5 Å². The number of hydrogen-bond acceptors (Lipinski definition) is 3. The maximum atomic E-state index is 12.3. The predicted molar refractivity (Wildman–Crippen MR) is 80.7 cm³/mol. The molecule has 1 aliphatic carbocycles. The Balaban J connectivity index is 1.47. The standard InChI is InChI=1S/C16H27N3O2/c1-12-3-2-4-13(11-12)18-14(20)15(21)19-9-6-16(7-10-19)5-8-17-16/h12-13,17H,2-11H2,1H3,(H,18,20). The second kappa shape index (κ2) is 5.95. The van der Waals surface area contributed by atoms with Crippen molar-refractivity contribution in [3.05, 3.63) is 0 Å². The van der Waals surface area contributed by atoms with E-state index in [-0.39, 0.29) is 17.5 Å². The average Bonchev–Trinajstić information content (AvgIpc) is 2.45. The van der Waals surface area contributed by atoms with Gasteiger partial charge in [0, 0.05) is 24.7 Å². The lowest BCUT2D eigenvalue weighted by Crippen LogP contribution is -2.63. The van der Waals surface area contributed by atoms with Crippen LogP contribution in [0.2, 0.25) is 0 Å². The van der Waals surface area contributed by atoms with Crippen molar-refractivity contribution in [2.75, 3.05) is 19.6 Å². The molecule has 1 spiro atoms. The molecule has 2 aliphatic heterocycles. The fourth-order valence-corrected chi connectivity index (χ4v) is 4.00. The average molecular weight is 293 g/mol. The number of likely N-dealkylation sites (tertiary alicyclic amines) is 1. The van der Waals surface area contributed by atoms with Gasteiger partial charge >= 0.3 is 11.8 Å². The van der Waals surface area contributed by atoms with E-state index in [0.717, 1.165) is 38.6 Å². The zero-order valence-electron chi connectivity index (χ0n) is 13.0. The smallest absolute Gasteiger partial charge is 0.311 e. The fraction of sp³-hybridized carbons (Fsp3) is 0.875. The van der Waals surface area contributed by atoms with Crippen molar-refractivity contribution in [2.45, 2.75) is 63.5 Å². The number of rotatable bonds is 1. The van der Waals surface area contributed by atoms with Crippen LogP contribution in [0.5, 0.6) is 0 Å². The van der Waals surface area contributed by atoms with E-state index in [2.05, 4.69) is 17.6 Å². The third-order valence-electron chi connectivity index (χ3n) is 5.58. The molecule has 0 aromatic carbocycles. The normalized spacial score (nSPS) is 31.6. The van der Waals surface area contributed by atoms with Crippen molar-refractivity contribution in [1.29, 1.82) is 0 Å². The SMILES string of the molecule is CC1CCCC(NC(=O)C(=O)N2CCC3(CCN3)CC2)C1. The minimum absolute atomic E-state index is 0.189. The topological polar surface area (TPSA) is 61.4 Å². The van der Waals surface area contributed by atoms with Gasteiger partial charge in [-0.05, 0) is 44.6 Å². The van der Waals surface area contributed by atoms with E-state index in [1.54, 1.807) is 4.90 Å². The molecule has 21 heavy (non-hydrogen) atoms. The maximum Gasteiger partial charge on any atom is 0.311 e. The molecule has 2 saturated heterocycles. The lowest BCUT2D eigenvalue weighted by atomic mass is 9.79. The highest BCUT2D eigenvalue weighted by molar-refractivity contribution is 6.35. The van der Waals surface area contributed by atoms with Gasteiger partial charge in [-0.15, -0.1) is 0 Å². The Morgan fingerprint density at radius 2 is 1.90 bits per heavy atom. The Bertz CT molecular complexity index is 410. The van der Waals surface area contributed by atoms with Crippen molar-refractivity contribution in [2.24, 2.45) is 5.92 Å². The molecule has 2 atom stereocenters. The minimum Gasteiger partial charge on any atom is -0.345 e. The summed E-state index contributed by atoms with van der Waals surface area (Å²) in [6.45, 7) is 4.73. The van der Waals surface area contributed by atoms with E-state index in [1.807, 2.05) is 0 Å². The van der Waals surface area contributed by atoms with Crippen molar-refractivity contribution in [3.8, 4) is 0 Å². The van der Waals surface area contributed by atoms with E-state index < -0.39 is 5.91 Å². The Hall–Kier alpha value is -1.10. The zero-order chi connectivity index (χ0) is 14.9.